The summed E-state index contributed by atoms with van der Waals surface area (Å²) in [4.78, 5) is 0. The van der Waals surface area contributed by atoms with E-state index in [0.29, 0.717) is 0 Å². The Morgan fingerprint density at radius 2 is 0.904 bits per heavy atom. The lowest BCUT2D eigenvalue weighted by atomic mass is 9.79. The van der Waals surface area contributed by atoms with Crippen molar-refractivity contribution in [1.82, 2.24) is 0 Å². The molecule has 0 N–H and O–H groups in total. The number of furan rings is 1. The molecule has 1 aliphatic carbocycles. The zero-order valence-corrected chi connectivity index (χ0v) is 29.1. The van der Waals surface area contributed by atoms with Crippen LogP contribution in [0.3, 0.4) is 0 Å². The Balaban J connectivity index is 1.29. The SMILES string of the molecule is CC1(C)c2ccccc2-c2c1cc1c(oc3cc4ccccc4cc31)c2-c1c2ccccc2c(-c2ccc(-c3ccccc3)cc2)c2ccccc12. The topological polar surface area (TPSA) is 13.1 Å². The van der Waals surface area contributed by atoms with Crippen molar-refractivity contribution >= 4 is 54.3 Å². The quantitative estimate of drug-likeness (QED) is 0.172. The highest BCUT2D eigenvalue weighted by Crippen LogP contribution is 2.57. The molecule has 1 heterocycles. The first kappa shape index (κ1) is 29.3. The van der Waals surface area contributed by atoms with Gasteiger partial charge in [0.25, 0.3) is 0 Å². The molecule has 0 saturated heterocycles. The lowest BCUT2D eigenvalue weighted by Gasteiger charge is -2.23. The van der Waals surface area contributed by atoms with Crippen LogP contribution in [0.4, 0.5) is 0 Å². The molecule has 1 aromatic heterocycles. The molecule has 9 aromatic carbocycles. The smallest absolute Gasteiger partial charge is 0.143 e. The van der Waals surface area contributed by atoms with E-state index >= 15 is 0 Å². The predicted molar refractivity (Wildman–Crippen MR) is 220 cm³/mol. The van der Waals surface area contributed by atoms with Crippen molar-refractivity contribution in [3.05, 3.63) is 181 Å². The van der Waals surface area contributed by atoms with Crippen LogP contribution in [0.5, 0.6) is 0 Å². The Morgan fingerprint density at radius 3 is 1.60 bits per heavy atom. The lowest BCUT2D eigenvalue weighted by Crippen LogP contribution is -2.14. The molecule has 0 fully saturated rings. The molecular weight excluding hydrogens is 629 g/mol. The van der Waals surface area contributed by atoms with Crippen molar-refractivity contribution in [2.24, 2.45) is 0 Å². The van der Waals surface area contributed by atoms with Gasteiger partial charge in [-0.25, -0.2) is 0 Å². The Morgan fingerprint density at radius 1 is 0.365 bits per heavy atom. The second kappa shape index (κ2) is 10.8. The van der Waals surface area contributed by atoms with Gasteiger partial charge in [0.2, 0.25) is 0 Å². The van der Waals surface area contributed by atoms with Gasteiger partial charge in [0.15, 0.2) is 0 Å². The minimum absolute atomic E-state index is 0.179. The van der Waals surface area contributed by atoms with Gasteiger partial charge >= 0.3 is 0 Å². The van der Waals surface area contributed by atoms with Crippen molar-refractivity contribution in [3.8, 4) is 44.5 Å². The van der Waals surface area contributed by atoms with Crippen LogP contribution in [0.2, 0.25) is 0 Å². The van der Waals surface area contributed by atoms with Gasteiger partial charge in [-0.3, -0.25) is 0 Å². The molecule has 244 valence electrons. The number of rotatable bonds is 3. The minimum Gasteiger partial charge on any atom is -0.455 e. The van der Waals surface area contributed by atoms with Crippen LogP contribution in [0, 0.1) is 0 Å². The molecule has 0 spiro atoms. The molecule has 0 radical (unpaired) electrons. The first-order valence-corrected chi connectivity index (χ1v) is 18.2. The molecule has 1 aliphatic rings. The highest BCUT2D eigenvalue weighted by molar-refractivity contribution is 6.27. The van der Waals surface area contributed by atoms with Gasteiger partial charge in [-0.1, -0.05) is 166 Å². The summed E-state index contributed by atoms with van der Waals surface area (Å²) in [7, 11) is 0. The molecule has 0 saturated carbocycles. The van der Waals surface area contributed by atoms with Crippen LogP contribution in [-0.4, -0.2) is 0 Å². The summed E-state index contributed by atoms with van der Waals surface area (Å²) in [5.41, 5.74) is 14.3. The fourth-order valence-corrected chi connectivity index (χ4v) is 9.17. The summed E-state index contributed by atoms with van der Waals surface area (Å²) in [6.07, 6.45) is 0. The summed E-state index contributed by atoms with van der Waals surface area (Å²) in [6, 6.07) is 62.2. The molecule has 0 aliphatic heterocycles. The molecule has 0 amide bonds. The molecule has 0 atom stereocenters. The standard InChI is InChI=1S/C51H34O/c1-51(2)43-23-13-12-22-40(43)48-44(51)30-42-41-28-34-16-6-7-17-35(34)29-45(41)52-50(42)49(48)47-38-20-10-8-18-36(38)46(37-19-9-11-21-39(37)47)33-26-24-32(25-27-33)31-14-4-3-5-15-31/h3-30H,1-2H3. The summed E-state index contributed by atoms with van der Waals surface area (Å²) < 4.78 is 7.12. The monoisotopic (exact) mass is 662 g/mol. The maximum atomic E-state index is 7.12. The Kier molecular flexibility index (Phi) is 6.08. The third-order valence-electron chi connectivity index (χ3n) is 11.6. The van der Waals surface area contributed by atoms with Crippen molar-refractivity contribution < 1.29 is 4.42 Å². The minimum atomic E-state index is -0.179. The number of benzene rings is 9. The second-order valence-corrected chi connectivity index (χ2v) is 14.8. The summed E-state index contributed by atoms with van der Waals surface area (Å²) in [5, 5.41) is 9.67. The lowest BCUT2D eigenvalue weighted by molar-refractivity contribution is 0.658. The van der Waals surface area contributed by atoms with Gasteiger partial charge in [-0.2, -0.15) is 0 Å². The summed E-state index contributed by atoms with van der Waals surface area (Å²) in [6.45, 7) is 4.76. The number of fused-ring (bicyclic) bond motifs is 9. The van der Waals surface area contributed by atoms with Crippen LogP contribution < -0.4 is 0 Å². The average Bonchev–Trinajstić information content (AvgIpc) is 3.66. The average molecular weight is 663 g/mol. The van der Waals surface area contributed by atoms with Crippen molar-refractivity contribution in [2.75, 3.05) is 0 Å². The van der Waals surface area contributed by atoms with Gasteiger partial charge in [-0.05, 0) is 95.0 Å². The van der Waals surface area contributed by atoms with E-state index in [1.807, 2.05) is 0 Å². The maximum absolute atomic E-state index is 7.12. The Labute approximate surface area is 302 Å². The van der Waals surface area contributed by atoms with Crippen molar-refractivity contribution in [3.63, 3.8) is 0 Å². The molecule has 0 bridgehead atoms. The fourth-order valence-electron chi connectivity index (χ4n) is 9.17. The maximum Gasteiger partial charge on any atom is 0.143 e. The van der Waals surface area contributed by atoms with Gasteiger partial charge in [0.05, 0.1) is 0 Å². The molecule has 11 rings (SSSR count). The van der Waals surface area contributed by atoms with Crippen LogP contribution >= 0.6 is 0 Å². The van der Waals surface area contributed by atoms with E-state index in [2.05, 4.69) is 184 Å². The predicted octanol–water partition coefficient (Wildman–Crippen LogP) is 14.4. The van der Waals surface area contributed by atoms with Crippen molar-refractivity contribution in [2.45, 2.75) is 19.3 Å². The van der Waals surface area contributed by atoms with E-state index in [0.717, 1.165) is 16.6 Å². The van der Waals surface area contributed by atoms with Gasteiger partial charge in [-0.15, -0.1) is 0 Å². The van der Waals surface area contributed by atoms with Gasteiger partial charge in [0, 0.05) is 27.3 Å². The largest absolute Gasteiger partial charge is 0.455 e. The van der Waals surface area contributed by atoms with Gasteiger partial charge in [0.1, 0.15) is 11.2 Å². The van der Waals surface area contributed by atoms with E-state index in [-0.39, 0.29) is 5.41 Å². The third-order valence-corrected chi connectivity index (χ3v) is 11.6. The summed E-state index contributed by atoms with van der Waals surface area (Å²) in [5.74, 6) is 0. The number of hydrogen-bond donors (Lipinski definition) is 0. The van der Waals surface area contributed by atoms with Crippen LogP contribution in [0.1, 0.15) is 25.0 Å². The first-order chi connectivity index (χ1) is 25.6. The molecule has 1 heteroatoms. The highest BCUT2D eigenvalue weighted by atomic mass is 16.3. The van der Waals surface area contributed by atoms with E-state index < -0.39 is 0 Å². The van der Waals surface area contributed by atoms with Crippen LogP contribution in [0.15, 0.2) is 174 Å². The molecular formula is C51H34O. The van der Waals surface area contributed by atoms with E-state index in [9.17, 15) is 0 Å². The molecule has 10 aromatic rings. The Hall–Kier alpha value is -6.44. The zero-order valence-electron chi connectivity index (χ0n) is 29.1. The number of hydrogen-bond acceptors (Lipinski definition) is 1. The highest BCUT2D eigenvalue weighted by Gasteiger charge is 2.39. The second-order valence-electron chi connectivity index (χ2n) is 14.8. The first-order valence-electron chi connectivity index (χ1n) is 18.2. The van der Waals surface area contributed by atoms with Crippen LogP contribution in [0.25, 0.3) is 98.8 Å². The van der Waals surface area contributed by atoms with E-state index in [4.69, 9.17) is 4.42 Å². The fraction of sp³-hybridized carbons (Fsp3) is 0.0588. The Bertz CT molecular complexity index is 3010. The molecule has 52 heavy (non-hydrogen) atoms. The third kappa shape index (κ3) is 4.05. The van der Waals surface area contributed by atoms with E-state index in [1.165, 1.54) is 93.3 Å². The van der Waals surface area contributed by atoms with Crippen molar-refractivity contribution in [1.29, 1.82) is 0 Å². The molecule has 1 nitrogen and oxygen atoms in total. The summed E-state index contributed by atoms with van der Waals surface area (Å²) >= 11 is 0. The van der Waals surface area contributed by atoms with Crippen LogP contribution in [-0.2, 0) is 5.41 Å². The van der Waals surface area contributed by atoms with E-state index in [1.54, 1.807) is 0 Å². The van der Waals surface area contributed by atoms with Gasteiger partial charge < -0.3 is 4.42 Å². The molecule has 0 unspecified atom stereocenters. The normalized spacial score (nSPS) is 13.3. The zero-order chi connectivity index (χ0) is 34.6.